The monoisotopic (exact) mass is 283 g/mol. The molecule has 0 saturated carbocycles. The van der Waals surface area contributed by atoms with E-state index in [0.717, 1.165) is 37.8 Å². The molecule has 0 heterocycles. The zero-order chi connectivity index (χ0) is 15.2. The van der Waals surface area contributed by atoms with Gasteiger partial charge in [0.15, 0.2) is 11.6 Å². The average Bonchev–Trinajstić information content (AvgIpc) is 2.36. The van der Waals surface area contributed by atoms with E-state index in [1.807, 2.05) is 0 Å². The number of halogens is 2. The lowest BCUT2D eigenvalue weighted by Gasteiger charge is -2.32. The molecule has 1 aromatic rings. The first-order valence-electron chi connectivity index (χ1n) is 7.52. The number of nitrogens with one attached hydrogen (secondary N) is 1. The summed E-state index contributed by atoms with van der Waals surface area (Å²) in [4.78, 5) is 0. The van der Waals surface area contributed by atoms with Crippen LogP contribution in [0.2, 0.25) is 0 Å². The van der Waals surface area contributed by atoms with Crippen LogP contribution in [0.5, 0.6) is 0 Å². The molecule has 0 aromatic heterocycles. The number of rotatable bonds is 7. The molecule has 0 spiro atoms. The summed E-state index contributed by atoms with van der Waals surface area (Å²) in [6, 6.07) is 4.64. The van der Waals surface area contributed by atoms with Gasteiger partial charge in [-0.2, -0.15) is 0 Å². The highest BCUT2D eigenvalue weighted by Crippen LogP contribution is 2.24. The summed E-state index contributed by atoms with van der Waals surface area (Å²) < 4.78 is 26.0. The smallest absolute Gasteiger partial charge is 0.159 e. The van der Waals surface area contributed by atoms with Crippen molar-refractivity contribution in [2.45, 2.75) is 59.4 Å². The van der Waals surface area contributed by atoms with Gasteiger partial charge in [0.1, 0.15) is 0 Å². The lowest BCUT2D eigenvalue weighted by molar-refractivity contribution is 0.251. The standard InChI is InChI=1S/C17H27F2N/c1-5-11-20-16(17(2,3)4)8-6-7-13-9-10-14(18)15(19)12-13/h9-10,12,16,20H,5-8,11H2,1-4H3. The Hall–Kier alpha value is -0.960. The van der Waals surface area contributed by atoms with Crippen molar-refractivity contribution in [1.82, 2.24) is 5.32 Å². The first-order chi connectivity index (χ1) is 9.34. The quantitative estimate of drug-likeness (QED) is 0.764. The molecular formula is C17H27F2N. The van der Waals surface area contributed by atoms with Gasteiger partial charge >= 0.3 is 0 Å². The van der Waals surface area contributed by atoms with Gasteiger partial charge in [0.2, 0.25) is 0 Å². The van der Waals surface area contributed by atoms with Crippen LogP contribution in [-0.4, -0.2) is 12.6 Å². The Balaban J connectivity index is 2.49. The van der Waals surface area contributed by atoms with Gasteiger partial charge in [-0.15, -0.1) is 0 Å². The predicted molar refractivity (Wildman–Crippen MR) is 80.8 cm³/mol. The van der Waals surface area contributed by atoms with Crippen LogP contribution in [0.3, 0.4) is 0 Å². The molecule has 1 atom stereocenters. The minimum absolute atomic E-state index is 0.212. The Morgan fingerprint density at radius 3 is 2.40 bits per heavy atom. The number of benzene rings is 1. The zero-order valence-corrected chi connectivity index (χ0v) is 13.1. The fourth-order valence-electron chi connectivity index (χ4n) is 2.37. The van der Waals surface area contributed by atoms with Crippen LogP contribution < -0.4 is 5.32 Å². The van der Waals surface area contributed by atoms with Gasteiger partial charge in [-0.05, 0) is 55.3 Å². The van der Waals surface area contributed by atoms with Gasteiger partial charge in [-0.1, -0.05) is 33.8 Å². The van der Waals surface area contributed by atoms with Crippen LogP contribution in [-0.2, 0) is 6.42 Å². The fourth-order valence-corrected chi connectivity index (χ4v) is 2.37. The summed E-state index contributed by atoms with van der Waals surface area (Å²) in [6.07, 6.45) is 3.93. The van der Waals surface area contributed by atoms with Crippen LogP contribution in [0, 0.1) is 17.0 Å². The van der Waals surface area contributed by atoms with E-state index in [-0.39, 0.29) is 5.41 Å². The van der Waals surface area contributed by atoms with Crippen molar-refractivity contribution < 1.29 is 8.78 Å². The van der Waals surface area contributed by atoms with E-state index in [2.05, 4.69) is 33.0 Å². The van der Waals surface area contributed by atoms with Crippen LogP contribution in [0.4, 0.5) is 8.78 Å². The summed E-state index contributed by atoms with van der Waals surface area (Å²) in [6.45, 7) is 9.88. The SMILES string of the molecule is CCCNC(CCCc1ccc(F)c(F)c1)C(C)(C)C. The largest absolute Gasteiger partial charge is 0.313 e. The minimum atomic E-state index is -0.772. The molecule has 0 aliphatic carbocycles. The third-order valence-electron chi connectivity index (χ3n) is 3.63. The normalized spacial score (nSPS) is 13.5. The molecule has 1 nitrogen and oxygen atoms in total. The Morgan fingerprint density at radius 1 is 1.15 bits per heavy atom. The van der Waals surface area contributed by atoms with E-state index in [1.165, 1.54) is 12.1 Å². The summed E-state index contributed by atoms with van der Waals surface area (Å²) in [5, 5.41) is 3.58. The molecule has 0 saturated heterocycles. The second-order valence-electron chi connectivity index (χ2n) is 6.51. The van der Waals surface area contributed by atoms with E-state index in [4.69, 9.17) is 0 Å². The first-order valence-corrected chi connectivity index (χ1v) is 7.52. The lowest BCUT2D eigenvalue weighted by atomic mass is 9.83. The van der Waals surface area contributed by atoms with Crippen molar-refractivity contribution in [3.8, 4) is 0 Å². The Labute approximate surface area is 121 Å². The molecule has 114 valence electrons. The van der Waals surface area contributed by atoms with Crippen molar-refractivity contribution in [1.29, 1.82) is 0 Å². The molecule has 1 aromatic carbocycles. The second-order valence-corrected chi connectivity index (χ2v) is 6.51. The van der Waals surface area contributed by atoms with E-state index in [1.54, 1.807) is 6.07 Å². The highest BCUT2D eigenvalue weighted by atomic mass is 19.2. The van der Waals surface area contributed by atoms with Crippen LogP contribution in [0.25, 0.3) is 0 Å². The molecule has 0 aliphatic heterocycles. The van der Waals surface area contributed by atoms with Gasteiger partial charge in [0.05, 0.1) is 0 Å². The van der Waals surface area contributed by atoms with E-state index in [9.17, 15) is 8.78 Å². The number of hydrogen-bond donors (Lipinski definition) is 1. The molecule has 3 heteroatoms. The van der Waals surface area contributed by atoms with Gasteiger partial charge in [-0.25, -0.2) is 8.78 Å². The van der Waals surface area contributed by atoms with Crippen molar-refractivity contribution in [3.63, 3.8) is 0 Å². The number of hydrogen-bond acceptors (Lipinski definition) is 1. The van der Waals surface area contributed by atoms with Gasteiger partial charge in [0.25, 0.3) is 0 Å². The molecule has 0 aliphatic rings. The van der Waals surface area contributed by atoms with Crippen LogP contribution in [0.1, 0.15) is 52.5 Å². The number of aryl methyl sites for hydroxylation is 1. The summed E-state index contributed by atoms with van der Waals surface area (Å²) >= 11 is 0. The van der Waals surface area contributed by atoms with Crippen molar-refractivity contribution >= 4 is 0 Å². The average molecular weight is 283 g/mol. The van der Waals surface area contributed by atoms with Crippen molar-refractivity contribution in [3.05, 3.63) is 35.4 Å². The van der Waals surface area contributed by atoms with E-state index >= 15 is 0 Å². The lowest BCUT2D eigenvalue weighted by Crippen LogP contribution is -2.40. The fraction of sp³-hybridized carbons (Fsp3) is 0.647. The predicted octanol–water partition coefficient (Wildman–Crippen LogP) is 4.70. The highest BCUT2D eigenvalue weighted by molar-refractivity contribution is 5.17. The Kier molecular flexibility index (Phi) is 6.60. The maximum atomic E-state index is 13.1. The minimum Gasteiger partial charge on any atom is -0.313 e. The Morgan fingerprint density at radius 2 is 1.85 bits per heavy atom. The van der Waals surface area contributed by atoms with Crippen LogP contribution >= 0.6 is 0 Å². The maximum Gasteiger partial charge on any atom is 0.159 e. The molecule has 0 radical (unpaired) electrons. The van der Waals surface area contributed by atoms with E-state index < -0.39 is 11.6 Å². The van der Waals surface area contributed by atoms with Crippen LogP contribution in [0.15, 0.2) is 18.2 Å². The molecule has 1 unspecified atom stereocenters. The molecular weight excluding hydrogens is 256 g/mol. The molecule has 0 fully saturated rings. The van der Waals surface area contributed by atoms with Crippen molar-refractivity contribution in [2.24, 2.45) is 5.41 Å². The molecule has 0 amide bonds. The topological polar surface area (TPSA) is 12.0 Å². The zero-order valence-electron chi connectivity index (χ0n) is 13.1. The van der Waals surface area contributed by atoms with Gasteiger partial charge < -0.3 is 5.32 Å². The summed E-state index contributed by atoms with van der Waals surface area (Å²) in [5.41, 5.74) is 1.08. The molecule has 0 bridgehead atoms. The maximum absolute atomic E-state index is 13.1. The third-order valence-corrected chi connectivity index (χ3v) is 3.63. The second kappa shape index (κ2) is 7.72. The summed E-state index contributed by atoms with van der Waals surface area (Å²) in [7, 11) is 0. The third kappa shape index (κ3) is 5.58. The first kappa shape index (κ1) is 17.1. The van der Waals surface area contributed by atoms with Crippen molar-refractivity contribution in [2.75, 3.05) is 6.54 Å². The molecule has 1 rings (SSSR count). The molecule has 20 heavy (non-hydrogen) atoms. The Bertz CT molecular complexity index is 410. The highest BCUT2D eigenvalue weighted by Gasteiger charge is 2.23. The summed E-state index contributed by atoms with van der Waals surface area (Å²) in [5.74, 6) is -1.52. The van der Waals surface area contributed by atoms with Gasteiger partial charge in [-0.3, -0.25) is 0 Å². The van der Waals surface area contributed by atoms with Gasteiger partial charge in [0, 0.05) is 6.04 Å². The molecule has 1 N–H and O–H groups in total. The van der Waals surface area contributed by atoms with E-state index in [0.29, 0.717) is 6.04 Å².